The summed E-state index contributed by atoms with van der Waals surface area (Å²) in [5.74, 6) is 1.01. The van der Waals surface area contributed by atoms with Crippen LogP contribution in [0.3, 0.4) is 0 Å². The predicted molar refractivity (Wildman–Crippen MR) is 86.5 cm³/mol. The third-order valence-corrected chi connectivity index (χ3v) is 5.87. The molecule has 1 aliphatic rings. The number of carbonyl (C=O) groups excluding carboxylic acids is 1. The Morgan fingerprint density at radius 1 is 1.40 bits per heavy atom. The Labute approximate surface area is 127 Å². The van der Waals surface area contributed by atoms with Gasteiger partial charge in [-0.2, -0.15) is 0 Å². The van der Waals surface area contributed by atoms with Crippen LogP contribution in [0.1, 0.15) is 35.5 Å². The van der Waals surface area contributed by atoms with Gasteiger partial charge in [0.1, 0.15) is 0 Å². The molecule has 1 aromatic heterocycles. The standard InChI is InChI=1S/C16H17NOS2/c1-3-10(2)17-16(18)14-8-11-9-19-13-7-5-4-6-12(13)15(11)20-14/h4-8,10H,3,9H2,1-2H3,(H,17,18)/t10-/m0/s1. The van der Waals surface area contributed by atoms with Crippen LogP contribution < -0.4 is 5.32 Å². The molecule has 0 saturated carbocycles. The van der Waals surface area contributed by atoms with Crippen LogP contribution in [0.15, 0.2) is 35.2 Å². The van der Waals surface area contributed by atoms with E-state index in [0.717, 1.165) is 17.1 Å². The van der Waals surface area contributed by atoms with E-state index in [1.807, 2.05) is 18.7 Å². The van der Waals surface area contributed by atoms with Crippen LogP contribution in [-0.2, 0) is 5.75 Å². The van der Waals surface area contributed by atoms with Crippen LogP contribution in [0, 0.1) is 0 Å². The summed E-state index contributed by atoms with van der Waals surface area (Å²) in [5, 5.41) is 3.04. The minimum absolute atomic E-state index is 0.0567. The molecule has 1 atom stereocenters. The fourth-order valence-corrected chi connectivity index (χ4v) is 4.53. The molecule has 1 amide bonds. The Hall–Kier alpha value is -1.26. The highest BCUT2D eigenvalue weighted by molar-refractivity contribution is 7.98. The maximum atomic E-state index is 12.2. The molecule has 0 saturated heterocycles. The first-order valence-corrected chi connectivity index (χ1v) is 8.65. The molecule has 0 bridgehead atoms. The number of hydrogen-bond donors (Lipinski definition) is 1. The molecule has 0 radical (unpaired) electrons. The molecule has 0 fully saturated rings. The lowest BCUT2D eigenvalue weighted by Gasteiger charge is -2.14. The molecule has 20 heavy (non-hydrogen) atoms. The minimum Gasteiger partial charge on any atom is -0.349 e. The highest BCUT2D eigenvalue weighted by Gasteiger charge is 2.22. The maximum absolute atomic E-state index is 12.2. The van der Waals surface area contributed by atoms with Gasteiger partial charge in [0.2, 0.25) is 0 Å². The molecule has 2 nitrogen and oxygen atoms in total. The van der Waals surface area contributed by atoms with E-state index in [9.17, 15) is 4.79 Å². The van der Waals surface area contributed by atoms with Crippen LogP contribution >= 0.6 is 23.1 Å². The first kappa shape index (κ1) is 13.7. The average molecular weight is 303 g/mol. The summed E-state index contributed by atoms with van der Waals surface area (Å²) in [5.41, 5.74) is 2.55. The zero-order valence-corrected chi connectivity index (χ0v) is 13.2. The van der Waals surface area contributed by atoms with E-state index in [1.165, 1.54) is 20.9 Å². The molecule has 1 aliphatic heterocycles. The van der Waals surface area contributed by atoms with Crippen molar-refractivity contribution < 1.29 is 4.79 Å². The zero-order valence-electron chi connectivity index (χ0n) is 11.6. The molecular formula is C16H17NOS2. The van der Waals surface area contributed by atoms with E-state index in [-0.39, 0.29) is 11.9 Å². The highest BCUT2D eigenvalue weighted by atomic mass is 32.2. The molecule has 0 spiro atoms. The Kier molecular flexibility index (Phi) is 3.85. The normalized spacial score (nSPS) is 14.3. The van der Waals surface area contributed by atoms with Gasteiger partial charge in [-0.25, -0.2) is 0 Å². The lowest BCUT2D eigenvalue weighted by Crippen LogP contribution is -2.31. The number of carbonyl (C=O) groups is 1. The van der Waals surface area contributed by atoms with E-state index in [4.69, 9.17) is 0 Å². The van der Waals surface area contributed by atoms with Crippen LogP contribution in [0.25, 0.3) is 10.4 Å². The van der Waals surface area contributed by atoms with Gasteiger partial charge in [-0.15, -0.1) is 23.1 Å². The summed E-state index contributed by atoms with van der Waals surface area (Å²) in [6.45, 7) is 4.12. The van der Waals surface area contributed by atoms with Crippen molar-refractivity contribution in [3.63, 3.8) is 0 Å². The van der Waals surface area contributed by atoms with E-state index >= 15 is 0 Å². The Morgan fingerprint density at radius 2 is 2.20 bits per heavy atom. The number of nitrogens with one attached hydrogen (secondary N) is 1. The van der Waals surface area contributed by atoms with Crippen molar-refractivity contribution in [2.75, 3.05) is 0 Å². The summed E-state index contributed by atoms with van der Waals surface area (Å²) in [4.78, 5) is 15.6. The predicted octanol–water partition coefficient (Wildman–Crippen LogP) is 4.55. The average Bonchev–Trinajstić information content (AvgIpc) is 2.91. The van der Waals surface area contributed by atoms with Crippen molar-refractivity contribution in [2.45, 2.75) is 37.0 Å². The molecule has 1 aromatic carbocycles. The van der Waals surface area contributed by atoms with Crippen LogP contribution in [0.4, 0.5) is 0 Å². The smallest absolute Gasteiger partial charge is 0.261 e. The van der Waals surface area contributed by atoms with E-state index in [2.05, 4.69) is 42.6 Å². The Bertz CT molecular complexity index is 648. The number of thiophene rings is 1. The number of amides is 1. The number of hydrogen-bond acceptors (Lipinski definition) is 3. The van der Waals surface area contributed by atoms with Gasteiger partial charge < -0.3 is 5.32 Å². The van der Waals surface area contributed by atoms with E-state index in [0.29, 0.717) is 0 Å². The second-order valence-electron chi connectivity index (χ2n) is 5.03. The van der Waals surface area contributed by atoms with Gasteiger partial charge in [-0.05, 0) is 31.0 Å². The van der Waals surface area contributed by atoms with Crippen molar-refractivity contribution in [1.82, 2.24) is 5.32 Å². The second-order valence-corrected chi connectivity index (χ2v) is 7.10. The Morgan fingerprint density at radius 3 is 3.00 bits per heavy atom. The lowest BCUT2D eigenvalue weighted by atomic mass is 10.1. The van der Waals surface area contributed by atoms with Crippen LogP contribution in [0.5, 0.6) is 0 Å². The topological polar surface area (TPSA) is 29.1 Å². The van der Waals surface area contributed by atoms with Gasteiger partial charge in [0.25, 0.3) is 5.91 Å². The van der Waals surface area contributed by atoms with Gasteiger partial charge in [0.05, 0.1) is 4.88 Å². The molecule has 104 valence electrons. The number of fused-ring (bicyclic) bond motifs is 3. The van der Waals surface area contributed by atoms with Crippen LogP contribution in [0.2, 0.25) is 0 Å². The number of benzene rings is 1. The molecular weight excluding hydrogens is 286 g/mol. The molecule has 2 aromatic rings. The second kappa shape index (κ2) is 5.62. The quantitative estimate of drug-likeness (QED) is 0.901. The van der Waals surface area contributed by atoms with E-state index < -0.39 is 0 Å². The van der Waals surface area contributed by atoms with Gasteiger partial charge in [-0.3, -0.25) is 4.79 Å². The zero-order chi connectivity index (χ0) is 14.1. The van der Waals surface area contributed by atoms with Crippen molar-refractivity contribution in [3.8, 4) is 10.4 Å². The third kappa shape index (κ3) is 2.50. The summed E-state index contributed by atoms with van der Waals surface area (Å²) < 4.78 is 0. The molecule has 1 N–H and O–H groups in total. The van der Waals surface area contributed by atoms with Crippen molar-refractivity contribution in [1.29, 1.82) is 0 Å². The largest absolute Gasteiger partial charge is 0.349 e. The van der Waals surface area contributed by atoms with Crippen molar-refractivity contribution in [2.24, 2.45) is 0 Å². The molecule has 4 heteroatoms. The maximum Gasteiger partial charge on any atom is 0.261 e. The van der Waals surface area contributed by atoms with Crippen molar-refractivity contribution in [3.05, 3.63) is 40.8 Å². The number of rotatable bonds is 3. The third-order valence-electron chi connectivity index (χ3n) is 3.54. The lowest BCUT2D eigenvalue weighted by molar-refractivity contribution is 0.0943. The first-order valence-electron chi connectivity index (χ1n) is 6.84. The monoisotopic (exact) mass is 303 g/mol. The fraction of sp³-hybridized carbons (Fsp3) is 0.312. The minimum atomic E-state index is 0.0567. The van der Waals surface area contributed by atoms with Gasteiger partial charge in [0, 0.05) is 27.1 Å². The summed E-state index contributed by atoms with van der Waals surface area (Å²) in [6, 6.07) is 10.7. The summed E-state index contributed by atoms with van der Waals surface area (Å²) >= 11 is 3.46. The Balaban J connectivity index is 1.92. The summed E-state index contributed by atoms with van der Waals surface area (Å²) in [6.07, 6.45) is 0.954. The van der Waals surface area contributed by atoms with Gasteiger partial charge in [-0.1, -0.05) is 25.1 Å². The van der Waals surface area contributed by atoms with Gasteiger partial charge >= 0.3 is 0 Å². The highest BCUT2D eigenvalue weighted by Crippen LogP contribution is 2.45. The molecule has 2 heterocycles. The molecule has 3 rings (SSSR count). The molecule has 0 aliphatic carbocycles. The van der Waals surface area contributed by atoms with Gasteiger partial charge in [0.15, 0.2) is 0 Å². The van der Waals surface area contributed by atoms with Crippen molar-refractivity contribution >= 4 is 29.0 Å². The summed E-state index contributed by atoms with van der Waals surface area (Å²) in [7, 11) is 0. The SMILES string of the molecule is CC[C@H](C)NC(=O)c1cc2c(s1)-c1ccccc1SC2. The molecule has 0 unspecified atom stereocenters. The van der Waals surface area contributed by atoms with Crippen LogP contribution in [-0.4, -0.2) is 11.9 Å². The number of thioether (sulfide) groups is 1. The first-order chi connectivity index (χ1) is 9.69. The van der Waals surface area contributed by atoms with E-state index in [1.54, 1.807) is 11.3 Å². The fourth-order valence-electron chi connectivity index (χ4n) is 2.21.